The molecular weight excluding hydrogens is 260 g/mol. The summed E-state index contributed by atoms with van der Waals surface area (Å²) >= 11 is 0. The maximum Gasteiger partial charge on any atom is 0.335 e. The Bertz CT molecular complexity index is 602. The van der Waals surface area contributed by atoms with Crippen LogP contribution in [0.2, 0.25) is 0 Å². The standard InChI is InChI=1S/C13H14N4O3/c18-12(19)10-3-1-9(2-4-10)11-14-13(16-15-11)17-5-7-20-8-6-17/h1-4H,5-8H2,(H,18,19)(H,14,15,16). The van der Waals surface area contributed by atoms with E-state index >= 15 is 0 Å². The van der Waals surface area contributed by atoms with Crippen molar-refractivity contribution >= 4 is 11.9 Å². The first-order valence-corrected chi connectivity index (χ1v) is 6.33. The Morgan fingerprint density at radius 1 is 1.25 bits per heavy atom. The van der Waals surface area contributed by atoms with Gasteiger partial charge in [0.2, 0.25) is 5.95 Å². The van der Waals surface area contributed by atoms with Crippen LogP contribution in [0, 0.1) is 0 Å². The SMILES string of the molecule is O=C(O)c1ccc(-c2nc(N3CCOCC3)n[nH]2)cc1. The lowest BCUT2D eigenvalue weighted by Gasteiger charge is -2.25. The molecule has 7 nitrogen and oxygen atoms in total. The number of carboxylic acid groups (broad SMARTS) is 1. The maximum atomic E-state index is 10.8. The molecule has 2 N–H and O–H groups in total. The average Bonchev–Trinajstić information content (AvgIpc) is 2.98. The number of hydrogen-bond donors (Lipinski definition) is 2. The minimum atomic E-state index is -0.942. The Balaban J connectivity index is 1.80. The molecule has 1 aliphatic heterocycles. The summed E-state index contributed by atoms with van der Waals surface area (Å²) in [5, 5.41) is 15.9. The van der Waals surface area contributed by atoms with Gasteiger partial charge in [0.15, 0.2) is 5.82 Å². The molecule has 0 aliphatic carbocycles. The van der Waals surface area contributed by atoms with E-state index in [0.717, 1.165) is 18.7 Å². The lowest BCUT2D eigenvalue weighted by molar-refractivity contribution is 0.0697. The van der Waals surface area contributed by atoms with E-state index in [-0.39, 0.29) is 5.56 Å². The lowest BCUT2D eigenvalue weighted by atomic mass is 10.1. The maximum absolute atomic E-state index is 10.8. The van der Waals surface area contributed by atoms with Gasteiger partial charge in [-0.05, 0) is 12.1 Å². The summed E-state index contributed by atoms with van der Waals surface area (Å²) in [4.78, 5) is 17.3. The van der Waals surface area contributed by atoms with Crippen molar-refractivity contribution in [2.45, 2.75) is 0 Å². The second-order valence-corrected chi connectivity index (χ2v) is 4.47. The molecule has 1 saturated heterocycles. The Morgan fingerprint density at radius 2 is 1.95 bits per heavy atom. The summed E-state index contributed by atoms with van der Waals surface area (Å²) in [7, 11) is 0. The smallest absolute Gasteiger partial charge is 0.335 e. The van der Waals surface area contributed by atoms with E-state index in [1.165, 1.54) is 0 Å². The van der Waals surface area contributed by atoms with Gasteiger partial charge in [0.1, 0.15) is 0 Å². The number of aromatic nitrogens is 3. The molecule has 0 atom stereocenters. The molecule has 2 aromatic rings. The Labute approximate surface area is 115 Å². The molecule has 0 unspecified atom stereocenters. The molecule has 3 rings (SSSR count). The minimum absolute atomic E-state index is 0.252. The second-order valence-electron chi connectivity index (χ2n) is 4.47. The molecule has 7 heteroatoms. The summed E-state index contributed by atoms with van der Waals surface area (Å²) in [5.74, 6) is 0.331. The van der Waals surface area contributed by atoms with E-state index in [0.29, 0.717) is 25.0 Å². The van der Waals surface area contributed by atoms with Crippen molar-refractivity contribution in [2.75, 3.05) is 31.2 Å². The molecule has 104 valence electrons. The summed E-state index contributed by atoms with van der Waals surface area (Å²) in [6, 6.07) is 6.53. The number of hydrogen-bond acceptors (Lipinski definition) is 5. The van der Waals surface area contributed by atoms with Crippen LogP contribution in [0.1, 0.15) is 10.4 Å². The largest absolute Gasteiger partial charge is 0.478 e. The summed E-state index contributed by atoms with van der Waals surface area (Å²) in [6.45, 7) is 2.90. The molecule has 2 heterocycles. The van der Waals surface area contributed by atoms with E-state index in [1.54, 1.807) is 24.3 Å². The topological polar surface area (TPSA) is 91.3 Å². The highest BCUT2D eigenvalue weighted by Gasteiger charge is 2.16. The first-order valence-electron chi connectivity index (χ1n) is 6.33. The normalized spacial score (nSPS) is 15.3. The van der Waals surface area contributed by atoms with Crippen LogP contribution in [0.3, 0.4) is 0 Å². The third kappa shape index (κ3) is 2.48. The van der Waals surface area contributed by atoms with Crippen LogP contribution in [0.25, 0.3) is 11.4 Å². The highest BCUT2D eigenvalue weighted by molar-refractivity contribution is 5.88. The number of carboxylic acids is 1. The number of H-pyrrole nitrogens is 1. The predicted octanol–water partition coefficient (Wildman–Crippen LogP) is 1.01. The van der Waals surface area contributed by atoms with Crippen molar-refractivity contribution in [3.05, 3.63) is 29.8 Å². The molecule has 0 bridgehead atoms. The van der Waals surface area contributed by atoms with E-state index in [2.05, 4.69) is 20.1 Å². The predicted molar refractivity (Wildman–Crippen MR) is 71.8 cm³/mol. The third-order valence-corrected chi connectivity index (χ3v) is 3.17. The van der Waals surface area contributed by atoms with Crippen LogP contribution in [-0.4, -0.2) is 52.6 Å². The fourth-order valence-corrected chi connectivity index (χ4v) is 2.06. The molecule has 0 spiro atoms. The number of aromatic carboxylic acids is 1. The number of morpholine rings is 1. The first-order chi connectivity index (χ1) is 9.74. The van der Waals surface area contributed by atoms with E-state index in [1.807, 2.05) is 0 Å². The molecule has 20 heavy (non-hydrogen) atoms. The van der Waals surface area contributed by atoms with Crippen LogP contribution in [0.4, 0.5) is 5.95 Å². The van der Waals surface area contributed by atoms with Crippen molar-refractivity contribution < 1.29 is 14.6 Å². The van der Waals surface area contributed by atoms with Gasteiger partial charge in [0, 0.05) is 18.7 Å². The molecule has 1 aromatic heterocycles. The summed E-state index contributed by atoms with van der Waals surface area (Å²) in [6.07, 6.45) is 0. The highest BCUT2D eigenvalue weighted by Crippen LogP contribution is 2.18. The van der Waals surface area contributed by atoms with E-state index in [9.17, 15) is 4.79 Å². The molecule has 0 saturated carbocycles. The van der Waals surface area contributed by atoms with Crippen LogP contribution < -0.4 is 4.90 Å². The van der Waals surface area contributed by atoms with Crippen LogP contribution in [0.5, 0.6) is 0 Å². The van der Waals surface area contributed by atoms with Crippen molar-refractivity contribution in [1.29, 1.82) is 0 Å². The lowest BCUT2D eigenvalue weighted by Crippen LogP contribution is -2.36. The van der Waals surface area contributed by atoms with Crippen molar-refractivity contribution in [2.24, 2.45) is 0 Å². The number of benzene rings is 1. The number of carbonyl (C=O) groups is 1. The van der Waals surface area contributed by atoms with E-state index < -0.39 is 5.97 Å². The van der Waals surface area contributed by atoms with Gasteiger partial charge >= 0.3 is 5.97 Å². The number of ether oxygens (including phenoxy) is 1. The summed E-state index contributed by atoms with van der Waals surface area (Å²) in [5.41, 5.74) is 1.06. The molecule has 0 amide bonds. The van der Waals surface area contributed by atoms with Gasteiger partial charge in [-0.2, -0.15) is 4.98 Å². The van der Waals surface area contributed by atoms with Crippen molar-refractivity contribution in [1.82, 2.24) is 15.2 Å². The van der Waals surface area contributed by atoms with Gasteiger partial charge in [0.25, 0.3) is 0 Å². The van der Waals surface area contributed by atoms with Gasteiger partial charge in [-0.3, -0.25) is 5.10 Å². The van der Waals surface area contributed by atoms with Crippen LogP contribution in [0.15, 0.2) is 24.3 Å². The number of anilines is 1. The van der Waals surface area contributed by atoms with Gasteiger partial charge in [-0.15, -0.1) is 5.10 Å². The molecular formula is C13H14N4O3. The summed E-state index contributed by atoms with van der Waals surface area (Å²) < 4.78 is 5.29. The monoisotopic (exact) mass is 274 g/mol. The quantitative estimate of drug-likeness (QED) is 0.867. The minimum Gasteiger partial charge on any atom is -0.478 e. The van der Waals surface area contributed by atoms with Crippen LogP contribution in [-0.2, 0) is 4.74 Å². The van der Waals surface area contributed by atoms with Gasteiger partial charge in [0.05, 0.1) is 18.8 Å². The fourth-order valence-electron chi connectivity index (χ4n) is 2.06. The van der Waals surface area contributed by atoms with E-state index in [4.69, 9.17) is 9.84 Å². The van der Waals surface area contributed by atoms with Gasteiger partial charge in [-0.25, -0.2) is 4.79 Å². The second kappa shape index (κ2) is 5.30. The van der Waals surface area contributed by atoms with Crippen molar-refractivity contribution in [3.8, 4) is 11.4 Å². The Hall–Kier alpha value is -2.41. The number of nitrogens with zero attached hydrogens (tertiary/aromatic N) is 3. The van der Waals surface area contributed by atoms with Crippen LogP contribution >= 0.6 is 0 Å². The number of rotatable bonds is 3. The van der Waals surface area contributed by atoms with Gasteiger partial charge in [-0.1, -0.05) is 12.1 Å². The molecule has 1 aliphatic rings. The zero-order valence-corrected chi connectivity index (χ0v) is 10.7. The number of aromatic amines is 1. The molecule has 0 radical (unpaired) electrons. The average molecular weight is 274 g/mol. The first kappa shape index (κ1) is 12.6. The Morgan fingerprint density at radius 3 is 2.60 bits per heavy atom. The number of nitrogens with one attached hydrogen (secondary N) is 1. The van der Waals surface area contributed by atoms with Gasteiger partial charge < -0.3 is 14.7 Å². The Kier molecular flexibility index (Phi) is 3.34. The highest BCUT2D eigenvalue weighted by atomic mass is 16.5. The van der Waals surface area contributed by atoms with Crippen molar-refractivity contribution in [3.63, 3.8) is 0 Å². The molecule has 1 aromatic carbocycles. The third-order valence-electron chi connectivity index (χ3n) is 3.17. The zero-order valence-electron chi connectivity index (χ0n) is 10.7. The fraction of sp³-hybridized carbons (Fsp3) is 0.308. The zero-order chi connectivity index (χ0) is 13.9. The molecule has 1 fully saturated rings.